The molecule has 0 spiro atoms. The van der Waals surface area contributed by atoms with E-state index in [2.05, 4.69) is 33.1 Å². The summed E-state index contributed by atoms with van der Waals surface area (Å²) in [6.07, 6.45) is 2.29. The van der Waals surface area contributed by atoms with Gasteiger partial charge in [0, 0.05) is 16.4 Å². The average Bonchev–Trinajstić information content (AvgIpc) is 2.27. The van der Waals surface area contributed by atoms with Gasteiger partial charge in [-0.1, -0.05) is 36.4 Å². The summed E-state index contributed by atoms with van der Waals surface area (Å²) in [5, 5.41) is 6.26. The maximum Gasteiger partial charge on any atom is 0.226 e. The standard InChI is InChI=1S/C12H21BrN2O/c1-9(13)7-15-11(16)12(2,3)10-5-4-6-14-8-10/h10,14H,1,4-8H2,2-3H3,(H,15,16). The second-order valence-corrected chi connectivity index (χ2v) is 6.09. The molecule has 1 fully saturated rings. The Morgan fingerprint density at radius 2 is 2.31 bits per heavy atom. The number of rotatable bonds is 4. The molecule has 1 rings (SSSR count). The molecule has 1 aliphatic rings. The van der Waals surface area contributed by atoms with Crippen LogP contribution in [0.1, 0.15) is 26.7 Å². The second-order valence-electron chi connectivity index (χ2n) is 4.96. The fourth-order valence-corrected chi connectivity index (χ4v) is 2.20. The van der Waals surface area contributed by atoms with Gasteiger partial charge in [-0.3, -0.25) is 4.79 Å². The van der Waals surface area contributed by atoms with Crippen LogP contribution in [0.15, 0.2) is 11.1 Å². The lowest BCUT2D eigenvalue weighted by atomic mass is 9.74. The number of carbonyl (C=O) groups is 1. The van der Waals surface area contributed by atoms with Crippen molar-refractivity contribution in [1.29, 1.82) is 0 Å². The third kappa shape index (κ3) is 3.59. The highest BCUT2D eigenvalue weighted by atomic mass is 79.9. The van der Waals surface area contributed by atoms with Gasteiger partial charge in [0.25, 0.3) is 0 Å². The minimum absolute atomic E-state index is 0.113. The Morgan fingerprint density at radius 3 is 2.81 bits per heavy atom. The highest BCUT2D eigenvalue weighted by Gasteiger charge is 2.36. The summed E-state index contributed by atoms with van der Waals surface area (Å²) >= 11 is 3.24. The van der Waals surface area contributed by atoms with Crippen molar-refractivity contribution in [2.75, 3.05) is 19.6 Å². The molecule has 1 heterocycles. The SMILES string of the molecule is C=C(Br)CNC(=O)C(C)(C)C1CCCNC1. The maximum absolute atomic E-state index is 12.1. The van der Waals surface area contributed by atoms with Crippen molar-refractivity contribution in [3.8, 4) is 0 Å². The predicted molar refractivity (Wildman–Crippen MR) is 70.5 cm³/mol. The second kappa shape index (κ2) is 5.82. The molecule has 3 nitrogen and oxygen atoms in total. The van der Waals surface area contributed by atoms with Crippen molar-refractivity contribution in [2.45, 2.75) is 26.7 Å². The van der Waals surface area contributed by atoms with Crippen molar-refractivity contribution in [2.24, 2.45) is 11.3 Å². The van der Waals surface area contributed by atoms with Gasteiger partial charge in [0.2, 0.25) is 5.91 Å². The van der Waals surface area contributed by atoms with Gasteiger partial charge < -0.3 is 10.6 Å². The molecule has 92 valence electrons. The summed E-state index contributed by atoms with van der Waals surface area (Å²) in [5.74, 6) is 0.534. The van der Waals surface area contributed by atoms with Gasteiger partial charge in [-0.05, 0) is 31.8 Å². The molecule has 1 atom stereocenters. The Hall–Kier alpha value is -0.350. The topological polar surface area (TPSA) is 41.1 Å². The zero-order valence-electron chi connectivity index (χ0n) is 10.1. The van der Waals surface area contributed by atoms with Gasteiger partial charge in [0.15, 0.2) is 0 Å². The van der Waals surface area contributed by atoms with Crippen LogP contribution in [0.5, 0.6) is 0 Å². The highest BCUT2D eigenvalue weighted by molar-refractivity contribution is 9.11. The summed E-state index contributed by atoms with van der Waals surface area (Å²) in [6.45, 7) is 10.3. The normalized spacial score (nSPS) is 21.6. The first-order chi connectivity index (χ1) is 7.44. The molecule has 0 aromatic heterocycles. The molecule has 1 amide bonds. The fourth-order valence-electron chi connectivity index (χ4n) is 2.06. The van der Waals surface area contributed by atoms with E-state index in [4.69, 9.17) is 0 Å². The van der Waals surface area contributed by atoms with Crippen LogP contribution in [0.25, 0.3) is 0 Å². The number of hydrogen-bond donors (Lipinski definition) is 2. The zero-order valence-corrected chi connectivity index (χ0v) is 11.7. The van der Waals surface area contributed by atoms with E-state index in [0.717, 1.165) is 30.4 Å². The highest BCUT2D eigenvalue weighted by Crippen LogP contribution is 2.31. The summed E-state index contributed by atoms with van der Waals surface area (Å²) in [7, 11) is 0. The molecule has 4 heteroatoms. The Kier molecular flexibility index (Phi) is 4.99. The lowest BCUT2D eigenvalue weighted by Crippen LogP contribution is -2.47. The van der Waals surface area contributed by atoms with Gasteiger partial charge in [-0.25, -0.2) is 0 Å². The molecule has 1 aliphatic heterocycles. The summed E-state index contributed by atoms with van der Waals surface area (Å²) in [6, 6.07) is 0. The van der Waals surface area contributed by atoms with E-state index in [-0.39, 0.29) is 11.3 Å². The van der Waals surface area contributed by atoms with Gasteiger partial charge in [0.1, 0.15) is 0 Å². The smallest absolute Gasteiger partial charge is 0.226 e. The van der Waals surface area contributed by atoms with E-state index in [1.54, 1.807) is 0 Å². The predicted octanol–water partition coefficient (Wildman–Crippen LogP) is 2.04. The minimum Gasteiger partial charge on any atom is -0.351 e. The number of carbonyl (C=O) groups excluding carboxylic acids is 1. The Labute approximate surface area is 106 Å². The number of piperidine rings is 1. The first-order valence-electron chi connectivity index (χ1n) is 5.77. The van der Waals surface area contributed by atoms with E-state index in [9.17, 15) is 4.79 Å². The fraction of sp³-hybridized carbons (Fsp3) is 0.750. The van der Waals surface area contributed by atoms with Crippen LogP contribution in [0, 0.1) is 11.3 Å². The first kappa shape index (κ1) is 13.7. The van der Waals surface area contributed by atoms with E-state index in [1.165, 1.54) is 0 Å². The Balaban J connectivity index is 2.53. The molecule has 0 radical (unpaired) electrons. The molecule has 0 aromatic carbocycles. The number of nitrogens with one attached hydrogen (secondary N) is 2. The third-order valence-electron chi connectivity index (χ3n) is 3.34. The van der Waals surface area contributed by atoms with Crippen LogP contribution in [0.3, 0.4) is 0 Å². The lowest BCUT2D eigenvalue weighted by molar-refractivity contribution is -0.132. The Morgan fingerprint density at radius 1 is 1.62 bits per heavy atom. The summed E-state index contributed by atoms with van der Waals surface area (Å²) in [5.41, 5.74) is -0.310. The van der Waals surface area contributed by atoms with Crippen molar-refractivity contribution in [1.82, 2.24) is 10.6 Å². The van der Waals surface area contributed by atoms with Gasteiger partial charge in [-0.15, -0.1) is 0 Å². The van der Waals surface area contributed by atoms with Crippen LogP contribution in [-0.4, -0.2) is 25.5 Å². The van der Waals surface area contributed by atoms with Crippen LogP contribution in [0.2, 0.25) is 0 Å². The van der Waals surface area contributed by atoms with Crippen LogP contribution in [0.4, 0.5) is 0 Å². The third-order valence-corrected chi connectivity index (χ3v) is 3.62. The van der Waals surface area contributed by atoms with Crippen molar-refractivity contribution < 1.29 is 4.79 Å². The zero-order chi connectivity index (χ0) is 12.2. The van der Waals surface area contributed by atoms with E-state index >= 15 is 0 Å². The van der Waals surface area contributed by atoms with Crippen molar-refractivity contribution in [3.63, 3.8) is 0 Å². The summed E-state index contributed by atoms with van der Waals surface area (Å²) in [4.78, 5) is 12.1. The molecule has 1 unspecified atom stereocenters. The molecule has 0 saturated carbocycles. The van der Waals surface area contributed by atoms with Crippen molar-refractivity contribution in [3.05, 3.63) is 11.1 Å². The van der Waals surface area contributed by atoms with Gasteiger partial charge in [0.05, 0.1) is 0 Å². The maximum atomic E-state index is 12.1. The summed E-state index contributed by atoms with van der Waals surface area (Å²) < 4.78 is 0.804. The number of hydrogen-bond acceptors (Lipinski definition) is 2. The average molecular weight is 289 g/mol. The van der Waals surface area contributed by atoms with E-state index in [1.807, 2.05) is 13.8 Å². The molecule has 0 bridgehead atoms. The Bertz CT molecular complexity index is 270. The van der Waals surface area contributed by atoms with E-state index in [0.29, 0.717) is 12.5 Å². The number of amides is 1. The van der Waals surface area contributed by atoms with Gasteiger partial charge >= 0.3 is 0 Å². The molecular formula is C12H21BrN2O. The van der Waals surface area contributed by atoms with Crippen LogP contribution in [-0.2, 0) is 4.79 Å². The van der Waals surface area contributed by atoms with E-state index < -0.39 is 0 Å². The molecule has 0 aliphatic carbocycles. The molecule has 16 heavy (non-hydrogen) atoms. The molecular weight excluding hydrogens is 268 g/mol. The molecule has 2 N–H and O–H groups in total. The van der Waals surface area contributed by atoms with Gasteiger partial charge in [-0.2, -0.15) is 0 Å². The quantitative estimate of drug-likeness (QED) is 0.831. The van der Waals surface area contributed by atoms with Crippen LogP contribution >= 0.6 is 15.9 Å². The monoisotopic (exact) mass is 288 g/mol. The lowest BCUT2D eigenvalue weighted by Gasteiger charge is -2.36. The largest absolute Gasteiger partial charge is 0.351 e. The molecule has 0 aromatic rings. The minimum atomic E-state index is -0.310. The number of halogens is 1. The molecule has 1 saturated heterocycles. The van der Waals surface area contributed by atoms with Crippen molar-refractivity contribution >= 4 is 21.8 Å². The van der Waals surface area contributed by atoms with Crippen LogP contribution < -0.4 is 10.6 Å². The first-order valence-corrected chi connectivity index (χ1v) is 6.56.